The lowest BCUT2D eigenvalue weighted by Crippen LogP contribution is -2.26. The molecule has 1 aromatic heterocycles. The van der Waals surface area contributed by atoms with Gasteiger partial charge in [-0.05, 0) is 49.4 Å². The normalized spacial score (nSPS) is 14.5. The minimum Gasteiger partial charge on any atom is -0.355 e. The monoisotopic (exact) mass is 400 g/mol. The first-order valence-corrected chi connectivity index (χ1v) is 10.7. The number of aryl methyl sites for hydroxylation is 1. The van der Waals surface area contributed by atoms with Crippen molar-refractivity contribution < 1.29 is 4.79 Å². The standard InChI is InChI=1S/C25H28N4O/c1-3-19-6-8-20(9-7-19)18(2)28-25(30)22-12-10-21(11-13-22)23-24(27-15-14-26-23)29-16-4-5-17-29/h6-15,18H,3-5,16-17H2,1-2H3,(H,28,30). The number of anilines is 1. The van der Waals surface area contributed by atoms with E-state index >= 15 is 0 Å². The molecule has 2 aromatic carbocycles. The summed E-state index contributed by atoms with van der Waals surface area (Å²) in [6.45, 7) is 6.18. The summed E-state index contributed by atoms with van der Waals surface area (Å²) >= 11 is 0. The Labute approximate surface area is 178 Å². The number of hydrogen-bond donors (Lipinski definition) is 1. The van der Waals surface area contributed by atoms with Gasteiger partial charge in [-0.25, -0.2) is 4.98 Å². The van der Waals surface area contributed by atoms with Crippen molar-refractivity contribution in [3.8, 4) is 11.3 Å². The first kappa shape index (κ1) is 20.1. The van der Waals surface area contributed by atoms with E-state index in [9.17, 15) is 4.79 Å². The summed E-state index contributed by atoms with van der Waals surface area (Å²) in [5.41, 5.74) is 4.89. The van der Waals surface area contributed by atoms with E-state index in [0.29, 0.717) is 5.56 Å². The first-order chi connectivity index (χ1) is 14.7. The lowest BCUT2D eigenvalue weighted by atomic mass is 10.0. The minimum atomic E-state index is -0.0764. The van der Waals surface area contributed by atoms with Gasteiger partial charge in [-0.2, -0.15) is 0 Å². The van der Waals surface area contributed by atoms with Gasteiger partial charge in [0.15, 0.2) is 5.82 Å². The quantitative estimate of drug-likeness (QED) is 0.646. The third-order valence-electron chi connectivity index (χ3n) is 5.74. The smallest absolute Gasteiger partial charge is 0.251 e. The number of carbonyl (C=O) groups excluding carboxylic acids is 1. The molecule has 0 bridgehead atoms. The van der Waals surface area contributed by atoms with Crippen LogP contribution in [-0.4, -0.2) is 29.0 Å². The summed E-state index contributed by atoms with van der Waals surface area (Å²) in [4.78, 5) is 24.1. The van der Waals surface area contributed by atoms with E-state index in [2.05, 4.69) is 51.4 Å². The topological polar surface area (TPSA) is 58.1 Å². The van der Waals surface area contributed by atoms with Gasteiger partial charge in [-0.3, -0.25) is 9.78 Å². The highest BCUT2D eigenvalue weighted by Gasteiger charge is 2.19. The second-order valence-electron chi connectivity index (χ2n) is 7.79. The van der Waals surface area contributed by atoms with Crippen LogP contribution in [0.2, 0.25) is 0 Å². The van der Waals surface area contributed by atoms with Crippen LogP contribution in [0, 0.1) is 0 Å². The molecule has 3 aromatic rings. The molecule has 0 spiro atoms. The van der Waals surface area contributed by atoms with Crippen LogP contribution in [0.5, 0.6) is 0 Å². The van der Waals surface area contributed by atoms with Crippen LogP contribution in [0.15, 0.2) is 60.9 Å². The molecule has 154 valence electrons. The Bertz CT molecular complexity index is 992. The van der Waals surface area contributed by atoms with Gasteiger partial charge in [0.05, 0.1) is 6.04 Å². The lowest BCUT2D eigenvalue weighted by Gasteiger charge is -2.19. The molecule has 0 saturated carbocycles. The fourth-order valence-electron chi connectivity index (χ4n) is 3.88. The fourth-order valence-corrected chi connectivity index (χ4v) is 3.88. The molecular weight excluding hydrogens is 372 g/mol. The summed E-state index contributed by atoms with van der Waals surface area (Å²) in [6, 6.07) is 16.0. The first-order valence-electron chi connectivity index (χ1n) is 10.7. The molecule has 5 nitrogen and oxygen atoms in total. The van der Waals surface area contributed by atoms with Crippen LogP contribution < -0.4 is 10.2 Å². The van der Waals surface area contributed by atoms with Crippen molar-refractivity contribution in [2.75, 3.05) is 18.0 Å². The molecule has 1 aliphatic rings. The highest BCUT2D eigenvalue weighted by Crippen LogP contribution is 2.29. The molecule has 5 heteroatoms. The Hall–Kier alpha value is -3.21. The van der Waals surface area contributed by atoms with E-state index in [4.69, 9.17) is 0 Å². The Morgan fingerprint density at radius 3 is 2.33 bits per heavy atom. The Morgan fingerprint density at radius 1 is 1.00 bits per heavy atom. The van der Waals surface area contributed by atoms with Gasteiger partial charge in [-0.1, -0.05) is 43.3 Å². The Morgan fingerprint density at radius 2 is 1.67 bits per heavy atom. The van der Waals surface area contributed by atoms with Gasteiger partial charge in [0.25, 0.3) is 5.91 Å². The summed E-state index contributed by atoms with van der Waals surface area (Å²) in [7, 11) is 0. The molecular formula is C25H28N4O. The number of benzene rings is 2. The summed E-state index contributed by atoms with van der Waals surface area (Å²) in [5, 5.41) is 3.09. The van der Waals surface area contributed by atoms with Crippen LogP contribution >= 0.6 is 0 Å². The lowest BCUT2D eigenvalue weighted by molar-refractivity contribution is 0.0940. The molecule has 4 rings (SSSR count). The van der Waals surface area contributed by atoms with Gasteiger partial charge >= 0.3 is 0 Å². The molecule has 1 N–H and O–H groups in total. The minimum absolute atomic E-state index is 0.0511. The molecule has 1 fully saturated rings. The maximum Gasteiger partial charge on any atom is 0.251 e. The molecule has 0 radical (unpaired) electrons. The second-order valence-corrected chi connectivity index (χ2v) is 7.79. The number of hydrogen-bond acceptors (Lipinski definition) is 4. The predicted octanol–water partition coefficient (Wildman–Crippen LogP) is 4.80. The van der Waals surface area contributed by atoms with Crippen molar-refractivity contribution in [2.24, 2.45) is 0 Å². The third kappa shape index (κ3) is 4.35. The highest BCUT2D eigenvalue weighted by molar-refractivity contribution is 5.95. The number of aromatic nitrogens is 2. The van der Waals surface area contributed by atoms with E-state index in [1.807, 2.05) is 31.2 Å². The zero-order valence-corrected chi connectivity index (χ0v) is 17.6. The highest BCUT2D eigenvalue weighted by atomic mass is 16.1. The van der Waals surface area contributed by atoms with Crippen molar-refractivity contribution in [2.45, 2.75) is 39.2 Å². The largest absolute Gasteiger partial charge is 0.355 e. The van der Waals surface area contributed by atoms with Crippen molar-refractivity contribution in [1.82, 2.24) is 15.3 Å². The third-order valence-corrected chi connectivity index (χ3v) is 5.74. The molecule has 1 amide bonds. The number of amides is 1. The van der Waals surface area contributed by atoms with Crippen molar-refractivity contribution in [1.29, 1.82) is 0 Å². The summed E-state index contributed by atoms with van der Waals surface area (Å²) in [6.07, 6.45) is 6.86. The van der Waals surface area contributed by atoms with Crippen molar-refractivity contribution in [3.05, 3.63) is 77.6 Å². The van der Waals surface area contributed by atoms with Crippen LogP contribution in [0.4, 0.5) is 5.82 Å². The SMILES string of the molecule is CCc1ccc(C(C)NC(=O)c2ccc(-c3nccnc3N3CCCC3)cc2)cc1. The van der Waals surface area contributed by atoms with Gasteiger partial charge in [0.2, 0.25) is 0 Å². The molecule has 1 saturated heterocycles. The Kier molecular flexibility index (Phi) is 6.07. The van der Waals surface area contributed by atoms with Gasteiger partial charge in [0, 0.05) is 36.6 Å². The average molecular weight is 401 g/mol. The molecule has 1 aliphatic heterocycles. The molecule has 1 unspecified atom stereocenters. The number of rotatable bonds is 6. The molecule has 30 heavy (non-hydrogen) atoms. The van der Waals surface area contributed by atoms with Crippen molar-refractivity contribution in [3.63, 3.8) is 0 Å². The fraction of sp³-hybridized carbons (Fsp3) is 0.320. The van der Waals surface area contributed by atoms with Gasteiger partial charge in [-0.15, -0.1) is 0 Å². The summed E-state index contributed by atoms with van der Waals surface area (Å²) < 4.78 is 0. The van der Waals surface area contributed by atoms with Crippen LogP contribution in [-0.2, 0) is 6.42 Å². The Balaban J connectivity index is 1.47. The number of carbonyl (C=O) groups is 1. The van der Waals surface area contributed by atoms with Crippen LogP contribution in [0.25, 0.3) is 11.3 Å². The molecule has 0 aliphatic carbocycles. The number of nitrogens with one attached hydrogen (secondary N) is 1. The van der Waals surface area contributed by atoms with Crippen LogP contribution in [0.1, 0.15) is 54.2 Å². The second kappa shape index (κ2) is 9.08. The maximum absolute atomic E-state index is 12.7. The van der Waals surface area contributed by atoms with E-state index in [1.54, 1.807) is 12.4 Å². The van der Waals surface area contributed by atoms with Crippen molar-refractivity contribution >= 4 is 11.7 Å². The zero-order valence-electron chi connectivity index (χ0n) is 17.6. The predicted molar refractivity (Wildman–Crippen MR) is 121 cm³/mol. The number of nitrogens with zero attached hydrogens (tertiary/aromatic N) is 3. The van der Waals surface area contributed by atoms with E-state index in [1.165, 1.54) is 18.4 Å². The van der Waals surface area contributed by atoms with E-state index in [0.717, 1.165) is 42.1 Å². The molecule has 1 atom stereocenters. The van der Waals surface area contributed by atoms with Crippen LogP contribution in [0.3, 0.4) is 0 Å². The van der Waals surface area contributed by atoms with Gasteiger partial charge in [0.1, 0.15) is 5.69 Å². The zero-order chi connectivity index (χ0) is 20.9. The average Bonchev–Trinajstić information content (AvgIpc) is 3.34. The van der Waals surface area contributed by atoms with E-state index in [-0.39, 0.29) is 11.9 Å². The van der Waals surface area contributed by atoms with Gasteiger partial charge < -0.3 is 10.2 Å². The molecule has 2 heterocycles. The summed E-state index contributed by atoms with van der Waals surface area (Å²) in [5.74, 6) is 0.851. The van der Waals surface area contributed by atoms with E-state index < -0.39 is 0 Å². The maximum atomic E-state index is 12.7.